The highest BCUT2D eigenvalue weighted by Crippen LogP contribution is 2.31. The van der Waals surface area contributed by atoms with Gasteiger partial charge in [0.2, 0.25) is 0 Å². The molecule has 0 fully saturated rings. The Balaban J connectivity index is 2.37. The molecule has 0 radical (unpaired) electrons. The normalized spacial score (nSPS) is 11.0. The van der Waals surface area contributed by atoms with Crippen LogP contribution in [-0.2, 0) is 6.42 Å². The molecule has 0 aromatic heterocycles. The summed E-state index contributed by atoms with van der Waals surface area (Å²) in [6.07, 6.45) is 2.56. The number of allylic oxidation sites excluding steroid dienone is 1. The molecular formula is C18H20N2O. The number of benzene rings is 2. The number of azo groups is 1. The second-order valence-corrected chi connectivity index (χ2v) is 5.26. The molecule has 0 bridgehead atoms. The van der Waals surface area contributed by atoms with Crippen LogP contribution in [0.25, 0.3) is 0 Å². The van der Waals surface area contributed by atoms with E-state index in [1.165, 1.54) is 5.56 Å². The predicted octanol–water partition coefficient (Wildman–Crippen LogP) is 5.46. The fraction of sp³-hybridized carbons (Fsp3) is 0.222. The van der Waals surface area contributed by atoms with E-state index in [0.29, 0.717) is 5.69 Å². The van der Waals surface area contributed by atoms with Crippen molar-refractivity contribution in [2.24, 2.45) is 10.2 Å². The van der Waals surface area contributed by atoms with Gasteiger partial charge in [-0.15, -0.1) is 16.8 Å². The van der Waals surface area contributed by atoms with Crippen LogP contribution in [-0.4, -0.2) is 5.11 Å². The molecule has 108 valence electrons. The van der Waals surface area contributed by atoms with Crippen molar-refractivity contribution in [2.75, 3.05) is 0 Å². The molecule has 0 amide bonds. The topological polar surface area (TPSA) is 45.0 Å². The van der Waals surface area contributed by atoms with E-state index in [4.69, 9.17) is 0 Å². The standard InChI is InChI=1S/C18H20N2O/c1-5-6-15-7-8-17(21)16(11-15)19-20-18-13(3)9-12(2)10-14(18)4/h5,7-11,21H,1,6H2,2-4H3/b20-19+. The highest BCUT2D eigenvalue weighted by molar-refractivity contribution is 5.56. The molecule has 0 heterocycles. The molecule has 0 unspecified atom stereocenters. The second-order valence-electron chi connectivity index (χ2n) is 5.26. The fourth-order valence-corrected chi connectivity index (χ4v) is 2.38. The molecule has 0 atom stereocenters. The van der Waals surface area contributed by atoms with Crippen LogP contribution < -0.4 is 0 Å². The van der Waals surface area contributed by atoms with Gasteiger partial charge in [-0.3, -0.25) is 0 Å². The third-order valence-electron chi connectivity index (χ3n) is 3.31. The Labute approximate surface area is 125 Å². The molecule has 21 heavy (non-hydrogen) atoms. The minimum atomic E-state index is 0.133. The molecule has 1 N–H and O–H groups in total. The number of rotatable bonds is 4. The van der Waals surface area contributed by atoms with Crippen molar-refractivity contribution in [3.05, 3.63) is 65.2 Å². The van der Waals surface area contributed by atoms with Gasteiger partial charge < -0.3 is 5.11 Å². The summed E-state index contributed by atoms with van der Waals surface area (Å²) in [5.41, 5.74) is 5.76. The first-order chi connectivity index (χ1) is 10.0. The number of hydrogen-bond donors (Lipinski definition) is 1. The smallest absolute Gasteiger partial charge is 0.143 e. The maximum atomic E-state index is 9.88. The van der Waals surface area contributed by atoms with Crippen molar-refractivity contribution in [1.29, 1.82) is 0 Å². The highest BCUT2D eigenvalue weighted by atomic mass is 16.3. The van der Waals surface area contributed by atoms with E-state index in [1.54, 1.807) is 6.07 Å². The molecule has 2 aromatic carbocycles. The molecule has 0 aliphatic carbocycles. The largest absolute Gasteiger partial charge is 0.506 e. The van der Waals surface area contributed by atoms with Gasteiger partial charge in [0.15, 0.2) is 0 Å². The molecule has 3 heteroatoms. The molecule has 2 rings (SSSR count). The van der Waals surface area contributed by atoms with E-state index in [2.05, 4.69) is 35.9 Å². The lowest BCUT2D eigenvalue weighted by Crippen LogP contribution is -1.83. The van der Waals surface area contributed by atoms with Crippen molar-refractivity contribution in [2.45, 2.75) is 27.2 Å². The molecule has 0 saturated heterocycles. The Morgan fingerprint density at radius 3 is 2.33 bits per heavy atom. The quantitative estimate of drug-likeness (QED) is 0.586. The van der Waals surface area contributed by atoms with Crippen LogP contribution in [0.2, 0.25) is 0 Å². The number of nitrogens with zero attached hydrogens (tertiary/aromatic N) is 2. The van der Waals surface area contributed by atoms with Crippen molar-refractivity contribution in [3.63, 3.8) is 0 Å². The van der Waals surface area contributed by atoms with Gasteiger partial charge in [0.05, 0.1) is 5.69 Å². The summed E-state index contributed by atoms with van der Waals surface area (Å²) < 4.78 is 0. The van der Waals surface area contributed by atoms with Gasteiger partial charge in [-0.25, -0.2) is 0 Å². The molecule has 0 aliphatic rings. The SMILES string of the molecule is C=CCc1ccc(O)c(/N=N/c2c(C)cc(C)cc2C)c1. The van der Waals surface area contributed by atoms with Gasteiger partial charge in [-0.2, -0.15) is 0 Å². The second kappa shape index (κ2) is 6.35. The monoisotopic (exact) mass is 280 g/mol. The van der Waals surface area contributed by atoms with Gasteiger partial charge in [-0.1, -0.05) is 29.8 Å². The molecule has 0 aliphatic heterocycles. The van der Waals surface area contributed by atoms with Gasteiger partial charge in [0.25, 0.3) is 0 Å². The summed E-state index contributed by atoms with van der Waals surface area (Å²) in [6.45, 7) is 9.81. The van der Waals surface area contributed by atoms with Crippen molar-refractivity contribution in [3.8, 4) is 5.75 Å². The zero-order valence-electron chi connectivity index (χ0n) is 12.7. The first kappa shape index (κ1) is 15.0. The minimum absolute atomic E-state index is 0.133. The molecule has 0 saturated carbocycles. The maximum absolute atomic E-state index is 9.88. The van der Waals surface area contributed by atoms with E-state index in [9.17, 15) is 5.11 Å². The zero-order valence-corrected chi connectivity index (χ0v) is 12.7. The number of phenols is 1. The van der Waals surface area contributed by atoms with Gasteiger partial charge in [0.1, 0.15) is 11.4 Å². The summed E-state index contributed by atoms with van der Waals surface area (Å²) in [4.78, 5) is 0. The Morgan fingerprint density at radius 1 is 1.05 bits per heavy atom. The Bertz CT molecular complexity index is 679. The van der Waals surface area contributed by atoms with E-state index in [1.807, 2.05) is 32.1 Å². The van der Waals surface area contributed by atoms with Crippen LogP contribution in [0.3, 0.4) is 0 Å². The lowest BCUT2D eigenvalue weighted by atomic mass is 10.1. The Hall–Kier alpha value is -2.42. The van der Waals surface area contributed by atoms with E-state index < -0.39 is 0 Å². The lowest BCUT2D eigenvalue weighted by Gasteiger charge is -2.06. The average Bonchev–Trinajstić information content (AvgIpc) is 2.41. The molecule has 2 aromatic rings. The van der Waals surface area contributed by atoms with Crippen molar-refractivity contribution >= 4 is 11.4 Å². The Kier molecular flexibility index (Phi) is 4.53. The van der Waals surface area contributed by atoms with Gasteiger partial charge in [0, 0.05) is 0 Å². The van der Waals surface area contributed by atoms with E-state index >= 15 is 0 Å². The van der Waals surface area contributed by atoms with Gasteiger partial charge >= 0.3 is 0 Å². The maximum Gasteiger partial charge on any atom is 0.143 e. The predicted molar refractivity (Wildman–Crippen MR) is 86.8 cm³/mol. The molecule has 0 spiro atoms. The van der Waals surface area contributed by atoms with E-state index in [-0.39, 0.29) is 5.75 Å². The van der Waals surface area contributed by atoms with E-state index in [0.717, 1.165) is 28.8 Å². The van der Waals surface area contributed by atoms with Crippen LogP contribution in [0.5, 0.6) is 5.75 Å². The van der Waals surface area contributed by atoms with Crippen LogP contribution in [0.4, 0.5) is 11.4 Å². The molecule has 3 nitrogen and oxygen atoms in total. The number of hydrogen-bond acceptors (Lipinski definition) is 3. The first-order valence-electron chi connectivity index (χ1n) is 6.93. The third-order valence-corrected chi connectivity index (χ3v) is 3.31. The average molecular weight is 280 g/mol. The number of aromatic hydroxyl groups is 1. The van der Waals surface area contributed by atoms with Gasteiger partial charge in [-0.05, 0) is 56.0 Å². The van der Waals surface area contributed by atoms with Crippen molar-refractivity contribution < 1.29 is 5.11 Å². The summed E-state index contributed by atoms with van der Waals surface area (Å²) in [5, 5.41) is 18.4. The number of aryl methyl sites for hydroxylation is 3. The first-order valence-corrected chi connectivity index (χ1v) is 6.93. The Morgan fingerprint density at radius 2 is 1.71 bits per heavy atom. The van der Waals surface area contributed by atoms with Crippen LogP contribution in [0.15, 0.2) is 53.2 Å². The highest BCUT2D eigenvalue weighted by Gasteiger charge is 2.05. The zero-order chi connectivity index (χ0) is 15.4. The fourth-order valence-electron chi connectivity index (χ4n) is 2.38. The summed E-state index contributed by atoms with van der Waals surface area (Å²) in [6, 6.07) is 9.49. The summed E-state index contributed by atoms with van der Waals surface area (Å²) >= 11 is 0. The lowest BCUT2D eigenvalue weighted by molar-refractivity contribution is 0.476. The third kappa shape index (κ3) is 3.57. The summed E-state index contributed by atoms with van der Waals surface area (Å²) in [5.74, 6) is 0.133. The minimum Gasteiger partial charge on any atom is -0.506 e. The van der Waals surface area contributed by atoms with Crippen LogP contribution >= 0.6 is 0 Å². The summed E-state index contributed by atoms with van der Waals surface area (Å²) in [7, 11) is 0. The molecular weight excluding hydrogens is 260 g/mol. The van der Waals surface area contributed by atoms with Crippen LogP contribution in [0, 0.1) is 20.8 Å². The van der Waals surface area contributed by atoms with Crippen LogP contribution in [0.1, 0.15) is 22.3 Å². The van der Waals surface area contributed by atoms with Crippen molar-refractivity contribution in [1.82, 2.24) is 0 Å². The number of phenolic OH excluding ortho intramolecular Hbond substituents is 1.